The molecule has 9 heteroatoms. The molecule has 0 aromatic heterocycles. The van der Waals surface area contributed by atoms with Gasteiger partial charge in [0.05, 0.1) is 37.2 Å². The van der Waals surface area contributed by atoms with Gasteiger partial charge in [-0.15, -0.1) is 0 Å². The zero-order valence-corrected chi connectivity index (χ0v) is 20.3. The first-order valence-corrected chi connectivity index (χ1v) is 12.1. The fourth-order valence-electron chi connectivity index (χ4n) is 6.16. The molecule has 3 amide bonds. The Bertz CT molecular complexity index is 952. The number of hydrogen-bond donors (Lipinski definition) is 3. The number of ether oxygens (including phenoxy) is 2. The first-order valence-electron chi connectivity index (χ1n) is 12.1. The van der Waals surface area contributed by atoms with Crippen molar-refractivity contribution in [2.45, 2.75) is 69.7 Å². The van der Waals surface area contributed by atoms with Gasteiger partial charge in [0.25, 0.3) is 0 Å². The highest BCUT2D eigenvalue weighted by atomic mass is 16.5. The minimum atomic E-state index is -1.11. The van der Waals surface area contributed by atoms with Crippen molar-refractivity contribution in [1.29, 1.82) is 0 Å². The van der Waals surface area contributed by atoms with E-state index in [1.54, 1.807) is 38.3 Å². The Morgan fingerprint density at radius 2 is 1.94 bits per heavy atom. The second-order valence-corrected chi connectivity index (χ2v) is 9.62. The Hall–Kier alpha value is -2.65. The van der Waals surface area contributed by atoms with Gasteiger partial charge in [-0.05, 0) is 56.9 Å². The van der Waals surface area contributed by atoms with Crippen LogP contribution in [0, 0.1) is 11.8 Å². The van der Waals surface area contributed by atoms with Gasteiger partial charge in [0, 0.05) is 12.2 Å². The molecule has 2 unspecified atom stereocenters. The Morgan fingerprint density at radius 1 is 1.24 bits per heavy atom. The summed E-state index contributed by atoms with van der Waals surface area (Å²) in [5.74, 6) is -1.66. The molecule has 1 spiro atoms. The van der Waals surface area contributed by atoms with E-state index in [4.69, 9.17) is 9.47 Å². The average Bonchev–Trinajstić information content (AvgIpc) is 3.46. The summed E-state index contributed by atoms with van der Waals surface area (Å²) in [6, 6.07) is 5.38. The topological polar surface area (TPSA) is 117 Å². The lowest BCUT2D eigenvalue weighted by Crippen LogP contribution is -2.55. The number of carbonyl (C=O) groups is 3. The highest BCUT2D eigenvalue weighted by Crippen LogP contribution is 2.64. The molecule has 1 aromatic carbocycles. The first-order chi connectivity index (χ1) is 16.3. The van der Waals surface area contributed by atoms with Crippen LogP contribution in [0.1, 0.15) is 46.5 Å². The highest BCUT2D eigenvalue weighted by molar-refractivity contribution is 6.04. The summed E-state index contributed by atoms with van der Waals surface area (Å²) in [7, 11) is 1.57. The zero-order valence-electron chi connectivity index (χ0n) is 20.3. The summed E-state index contributed by atoms with van der Waals surface area (Å²) < 4.78 is 11.8. The number of nitrogens with zero attached hydrogens (tertiary/aromatic N) is 1. The molecule has 3 heterocycles. The van der Waals surface area contributed by atoms with Gasteiger partial charge in [-0.1, -0.05) is 13.8 Å². The number of aliphatic hydroxyl groups is 1. The number of aliphatic hydroxyl groups excluding tert-OH is 1. The fraction of sp³-hybridized carbons (Fsp3) is 0.640. The SMILES string of the molecule is CCCNC(=O)[C@@H]1[C@H]2C(=O)N([C@H](C)CO)C(C(=O)Nc3ccc(OC)cc3)C23CC[C@@]1(CC)O3. The van der Waals surface area contributed by atoms with Crippen LogP contribution in [0.5, 0.6) is 5.75 Å². The maximum atomic E-state index is 13.8. The molecule has 6 atom stereocenters. The number of amides is 3. The van der Waals surface area contributed by atoms with E-state index in [9.17, 15) is 19.5 Å². The second kappa shape index (κ2) is 9.19. The van der Waals surface area contributed by atoms with E-state index >= 15 is 0 Å². The van der Waals surface area contributed by atoms with Crippen molar-refractivity contribution in [3.8, 4) is 5.75 Å². The second-order valence-electron chi connectivity index (χ2n) is 9.62. The normalized spacial score (nSPS) is 32.4. The zero-order chi connectivity index (χ0) is 24.7. The number of hydrogen-bond acceptors (Lipinski definition) is 6. The number of fused-ring (bicyclic) bond motifs is 1. The molecule has 3 N–H and O–H groups in total. The van der Waals surface area contributed by atoms with Gasteiger partial charge < -0.3 is 30.1 Å². The molecule has 3 saturated heterocycles. The standard InChI is InChI=1S/C25H35N3O6/c1-5-13-26-21(30)18-19-23(32)28(15(3)14-29)20(25(19)12-11-24(18,6-2)34-25)22(31)27-16-7-9-17(33-4)10-8-16/h7-10,15,18-20,29H,5-6,11-14H2,1-4H3,(H,26,30)(H,27,31)/t15-,18+,19+,20?,24-,25?/m1/s1. The average molecular weight is 474 g/mol. The molecule has 4 rings (SSSR count). The Balaban J connectivity index is 1.72. The molecule has 186 valence electrons. The molecule has 3 aliphatic rings. The predicted molar refractivity (Wildman–Crippen MR) is 125 cm³/mol. The van der Waals surface area contributed by atoms with Gasteiger partial charge in [-0.2, -0.15) is 0 Å². The lowest BCUT2D eigenvalue weighted by Gasteiger charge is -2.36. The number of nitrogens with one attached hydrogen (secondary N) is 2. The number of likely N-dealkylation sites (tertiary alicyclic amines) is 1. The van der Waals surface area contributed by atoms with Crippen LogP contribution >= 0.6 is 0 Å². The number of benzene rings is 1. The molecule has 9 nitrogen and oxygen atoms in total. The monoisotopic (exact) mass is 473 g/mol. The summed E-state index contributed by atoms with van der Waals surface area (Å²) in [4.78, 5) is 42.3. The third kappa shape index (κ3) is 3.56. The van der Waals surface area contributed by atoms with E-state index in [-0.39, 0.29) is 24.3 Å². The quantitative estimate of drug-likeness (QED) is 0.503. The Kier molecular flexibility index (Phi) is 6.61. The molecule has 1 aromatic rings. The van der Waals surface area contributed by atoms with E-state index in [1.165, 1.54) is 4.90 Å². The van der Waals surface area contributed by atoms with Crippen molar-refractivity contribution in [3.63, 3.8) is 0 Å². The summed E-state index contributed by atoms with van der Waals surface area (Å²) in [5.41, 5.74) is -1.32. The number of methoxy groups -OCH3 is 1. The summed E-state index contributed by atoms with van der Waals surface area (Å²) >= 11 is 0. The largest absolute Gasteiger partial charge is 0.497 e. The maximum Gasteiger partial charge on any atom is 0.250 e. The molecular weight excluding hydrogens is 438 g/mol. The molecule has 3 aliphatic heterocycles. The van der Waals surface area contributed by atoms with E-state index in [0.717, 1.165) is 6.42 Å². The van der Waals surface area contributed by atoms with E-state index in [2.05, 4.69) is 10.6 Å². The van der Waals surface area contributed by atoms with Crippen LogP contribution in [0.15, 0.2) is 24.3 Å². The summed E-state index contributed by atoms with van der Waals surface area (Å²) in [6.07, 6.45) is 2.46. The third-order valence-corrected chi connectivity index (χ3v) is 7.80. The molecule has 0 saturated carbocycles. The van der Waals surface area contributed by atoms with Gasteiger partial charge in [0.15, 0.2) is 0 Å². The van der Waals surface area contributed by atoms with Crippen molar-refractivity contribution < 1.29 is 29.0 Å². The Labute approximate surface area is 200 Å². The van der Waals surface area contributed by atoms with Crippen LogP contribution in [0.3, 0.4) is 0 Å². The third-order valence-electron chi connectivity index (χ3n) is 7.80. The van der Waals surface area contributed by atoms with Crippen LogP contribution in [0.4, 0.5) is 5.69 Å². The van der Waals surface area contributed by atoms with Crippen molar-refractivity contribution in [2.75, 3.05) is 25.6 Å². The Morgan fingerprint density at radius 3 is 2.53 bits per heavy atom. The molecule has 34 heavy (non-hydrogen) atoms. The van der Waals surface area contributed by atoms with Gasteiger partial charge in [-0.3, -0.25) is 14.4 Å². The van der Waals surface area contributed by atoms with Crippen LogP contribution < -0.4 is 15.4 Å². The first kappa shape index (κ1) is 24.5. The minimum absolute atomic E-state index is 0.198. The molecular formula is C25H35N3O6. The fourth-order valence-corrected chi connectivity index (χ4v) is 6.16. The van der Waals surface area contributed by atoms with Crippen LogP contribution in [-0.4, -0.2) is 71.3 Å². The van der Waals surface area contributed by atoms with Crippen molar-refractivity contribution in [2.24, 2.45) is 11.8 Å². The number of carbonyl (C=O) groups excluding carboxylic acids is 3. The van der Waals surface area contributed by atoms with Crippen molar-refractivity contribution in [1.82, 2.24) is 10.2 Å². The van der Waals surface area contributed by atoms with Gasteiger partial charge >= 0.3 is 0 Å². The molecule has 0 radical (unpaired) electrons. The number of rotatable bonds is 9. The molecule has 2 bridgehead atoms. The smallest absolute Gasteiger partial charge is 0.250 e. The number of anilines is 1. The molecule has 3 fully saturated rings. The van der Waals surface area contributed by atoms with Crippen LogP contribution in [0.25, 0.3) is 0 Å². The minimum Gasteiger partial charge on any atom is -0.497 e. The van der Waals surface area contributed by atoms with E-state index in [0.29, 0.717) is 37.2 Å². The van der Waals surface area contributed by atoms with Gasteiger partial charge in [0.2, 0.25) is 17.7 Å². The van der Waals surface area contributed by atoms with Gasteiger partial charge in [0.1, 0.15) is 17.4 Å². The van der Waals surface area contributed by atoms with E-state index < -0.39 is 35.1 Å². The lowest BCUT2D eigenvalue weighted by atomic mass is 9.65. The summed E-state index contributed by atoms with van der Waals surface area (Å²) in [5, 5.41) is 15.8. The lowest BCUT2D eigenvalue weighted by molar-refractivity contribution is -0.148. The summed E-state index contributed by atoms with van der Waals surface area (Å²) in [6.45, 7) is 5.86. The molecule has 0 aliphatic carbocycles. The van der Waals surface area contributed by atoms with Crippen molar-refractivity contribution >= 4 is 23.4 Å². The predicted octanol–water partition coefficient (Wildman–Crippen LogP) is 1.70. The highest BCUT2D eigenvalue weighted by Gasteiger charge is 2.78. The van der Waals surface area contributed by atoms with Crippen molar-refractivity contribution in [3.05, 3.63) is 24.3 Å². The van der Waals surface area contributed by atoms with Crippen LogP contribution in [0.2, 0.25) is 0 Å². The van der Waals surface area contributed by atoms with Gasteiger partial charge in [-0.25, -0.2) is 0 Å². The van der Waals surface area contributed by atoms with Crippen LogP contribution in [-0.2, 0) is 19.1 Å². The maximum absolute atomic E-state index is 13.8. The van der Waals surface area contributed by atoms with E-state index in [1.807, 2.05) is 13.8 Å².